The van der Waals surface area contributed by atoms with Crippen molar-refractivity contribution in [3.05, 3.63) is 65.2 Å². The van der Waals surface area contributed by atoms with Crippen molar-refractivity contribution in [3.8, 4) is 0 Å². The fraction of sp³-hybridized carbons (Fsp3) is 0.300. The molecule has 0 bridgehead atoms. The lowest BCUT2D eigenvalue weighted by atomic mass is 10.00. The number of anilines is 1. The largest absolute Gasteiger partial charge is 0.351 e. The van der Waals surface area contributed by atoms with E-state index in [0.717, 1.165) is 12.0 Å². The molecule has 0 aliphatic carbocycles. The maximum atomic E-state index is 12.4. The molecule has 4 N–H and O–H groups in total. The zero-order valence-corrected chi connectivity index (χ0v) is 14.9. The molecule has 0 heterocycles. The van der Waals surface area contributed by atoms with E-state index >= 15 is 0 Å². The zero-order chi connectivity index (χ0) is 18.4. The minimum absolute atomic E-state index is 0.117. The number of nitrogens with two attached hydrogens (primary N) is 1. The predicted molar refractivity (Wildman–Crippen MR) is 101 cm³/mol. The number of benzene rings is 2. The summed E-state index contributed by atoms with van der Waals surface area (Å²) in [5, 5.41) is 5.44. The molecule has 0 saturated carbocycles. The van der Waals surface area contributed by atoms with Crippen molar-refractivity contribution in [3.63, 3.8) is 0 Å². The summed E-state index contributed by atoms with van der Waals surface area (Å²) in [5.41, 5.74) is 8.40. The van der Waals surface area contributed by atoms with E-state index in [1.807, 2.05) is 19.1 Å². The first-order chi connectivity index (χ1) is 11.8. The van der Waals surface area contributed by atoms with Crippen LogP contribution in [0.3, 0.4) is 0 Å². The van der Waals surface area contributed by atoms with E-state index in [2.05, 4.69) is 36.6 Å². The van der Waals surface area contributed by atoms with Crippen LogP contribution in [0, 0.1) is 5.92 Å². The third-order valence-corrected chi connectivity index (χ3v) is 3.86. The average Bonchev–Trinajstić information content (AvgIpc) is 2.54. The summed E-state index contributed by atoms with van der Waals surface area (Å²) in [5.74, 6) is 0.413. The Morgan fingerprint density at radius 3 is 2.32 bits per heavy atom. The summed E-state index contributed by atoms with van der Waals surface area (Å²) in [6.07, 6.45) is 1.04. The second kappa shape index (κ2) is 8.33. The predicted octanol–water partition coefficient (Wildman–Crippen LogP) is 3.87. The molecule has 0 aliphatic heterocycles. The summed E-state index contributed by atoms with van der Waals surface area (Å²) in [7, 11) is 0. The van der Waals surface area contributed by atoms with Gasteiger partial charge in [-0.25, -0.2) is 4.79 Å². The number of amides is 3. The van der Waals surface area contributed by atoms with Crippen LogP contribution >= 0.6 is 0 Å². The van der Waals surface area contributed by atoms with Crippen molar-refractivity contribution < 1.29 is 9.59 Å². The summed E-state index contributed by atoms with van der Waals surface area (Å²) in [6, 6.07) is 14.2. The molecule has 0 fully saturated rings. The van der Waals surface area contributed by atoms with E-state index in [9.17, 15) is 9.59 Å². The van der Waals surface area contributed by atoms with Crippen LogP contribution in [0.5, 0.6) is 0 Å². The molecule has 0 spiro atoms. The van der Waals surface area contributed by atoms with Gasteiger partial charge in [0.15, 0.2) is 0 Å². The molecule has 0 radical (unpaired) electrons. The van der Waals surface area contributed by atoms with Gasteiger partial charge in [0.05, 0.1) is 6.04 Å². The fourth-order valence-corrected chi connectivity index (χ4v) is 2.66. The highest BCUT2D eigenvalue weighted by Crippen LogP contribution is 2.17. The lowest BCUT2D eigenvalue weighted by Crippen LogP contribution is -2.27. The zero-order valence-electron chi connectivity index (χ0n) is 14.9. The third-order valence-electron chi connectivity index (χ3n) is 3.86. The van der Waals surface area contributed by atoms with Gasteiger partial charge in [-0.2, -0.15) is 0 Å². The summed E-state index contributed by atoms with van der Waals surface area (Å²) >= 11 is 0. The number of carbonyl (C=O) groups excluding carboxylic acids is 2. The molecule has 0 saturated heterocycles. The summed E-state index contributed by atoms with van der Waals surface area (Å²) in [4.78, 5) is 23.3. The van der Waals surface area contributed by atoms with Crippen molar-refractivity contribution in [2.45, 2.75) is 33.2 Å². The first kappa shape index (κ1) is 18.5. The second-order valence-electron chi connectivity index (χ2n) is 6.60. The SMILES string of the molecule is CC(C)Cc1ccc([C@@H](C)NC(=O)c2cccc(NC(N)=O)c2)cc1. The highest BCUT2D eigenvalue weighted by molar-refractivity contribution is 5.96. The minimum Gasteiger partial charge on any atom is -0.351 e. The lowest BCUT2D eigenvalue weighted by Gasteiger charge is -2.16. The smallest absolute Gasteiger partial charge is 0.316 e. The molecular weight excluding hydrogens is 314 g/mol. The number of primary amides is 1. The van der Waals surface area contributed by atoms with Crippen LogP contribution in [0.2, 0.25) is 0 Å². The number of urea groups is 1. The monoisotopic (exact) mass is 339 g/mol. The lowest BCUT2D eigenvalue weighted by molar-refractivity contribution is 0.0940. The van der Waals surface area contributed by atoms with Crippen LogP contribution in [-0.4, -0.2) is 11.9 Å². The van der Waals surface area contributed by atoms with Crippen LogP contribution in [0.15, 0.2) is 48.5 Å². The first-order valence-corrected chi connectivity index (χ1v) is 8.41. The van der Waals surface area contributed by atoms with Gasteiger partial charge in [0, 0.05) is 11.3 Å². The van der Waals surface area contributed by atoms with E-state index in [1.54, 1.807) is 24.3 Å². The standard InChI is InChI=1S/C20H25N3O2/c1-13(2)11-15-7-9-16(10-8-15)14(3)22-19(24)17-5-4-6-18(12-17)23-20(21)25/h4-10,12-14H,11H2,1-3H3,(H,22,24)(H3,21,23,25)/t14-/m1/s1. The van der Waals surface area contributed by atoms with Gasteiger partial charge >= 0.3 is 6.03 Å². The Labute approximate surface area is 148 Å². The normalized spacial score (nSPS) is 11.8. The highest BCUT2D eigenvalue weighted by Gasteiger charge is 2.12. The molecule has 2 aromatic carbocycles. The molecule has 5 nitrogen and oxygen atoms in total. The maximum absolute atomic E-state index is 12.4. The molecule has 0 unspecified atom stereocenters. The maximum Gasteiger partial charge on any atom is 0.316 e. The number of rotatable bonds is 6. The number of nitrogens with one attached hydrogen (secondary N) is 2. The van der Waals surface area contributed by atoms with E-state index in [1.165, 1.54) is 5.56 Å². The van der Waals surface area contributed by atoms with Crippen molar-refractivity contribution in [2.75, 3.05) is 5.32 Å². The molecule has 2 rings (SSSR count). The van der Waals surface area contributed by atoms with E-state index < -0.39 is 6.03 Å². The Morgan fingerprint density at radius 2 is 1.72 bits per heavy atom. The van der Waals surface area contributed by atoms with Crippen molar-refractivity contribution in [1.82, 2.24) is 5.32 Å². The molecule has 5 heteroatoms. The van der Waals surface area contributed by atoms with Gasteiger partial charge in [-0.3, -0.25) is 4.79 Å². The molecular formula is C20H25N3O2. The second-order valence-corrected chi connectivity index (χ2v) is 6.60. The Bertz CT molecular complexity index is 739. The Kier molecular flexibility index (Phi) is 6.17. The quantitative estimate of drug-likeness (QED) is 0.746. The molecule has 0 aliphatic rings. The van der Waals surface area contributed by atoms with Crippen LogP contribution in [-0.2, 0) is 6.42 Å². The van der Waals surface area contributed by atoms with Crippen molar-refractivity contribution in [2.24, 2.45) is 11.7 Å². The topological polar surface area (TPSA) is 84.2 Å². The van der Waals surface area contributed by atoms with Gasteiger partial charge in [0.25, 0.3) is 5.91 Å². The molecule has 25 heavy (non-hydrogen) atoms. The van der Waals surface area contributed by atoms with Crippen molar-refractivity contribution in [1.29, 1.82) is 0 Å². The Balaban J connectivity index is 2.03. The van der Waals surface area contributed by atoms with Gasteiger partial charge < -0.3 is 16.4 Å². The van der Waals surface area contributed by atoms with Crippen molar-refractivity contribution >= 4 is 17.6 Å². The van der Waals surface area contributed by atoms with Gasteiger partial charge in [-0.05, 0) is 48.6 Å². The van der Waals surface area contributed by atoms with Gasteiger partial charge in [0.2, 0.25) is 0 Å². The molecule has 0 aromatic heterocycles. The number of hydrogen-bond acceptors (Lipinski definition) is 2. The summed E-state index contributed by atoms with van der Waals surface area (Å²) < 4.78 is 0. The van der Waals surface area contributed by atoms with Crippen LogP contribution in [0.25, 0.3) is 0 Å². The molecule has 3 amide bonds. The van der Waals surface area contributed by atoms with Crippen LogP contribution < -0.4 is 16.4 Å². The van der Waals surface area contributed by atoms with E-state index in [-0.39, 0.29) is 11.9 Å². The summed E-state index contributed by atoms with van der Waals surface area (Å²) in [6.45, 7) is 6.33. The van der Waals surface area contributed by atoms with Gasteiger partial charge in [-0.15, -0.1) is 0 Å². The number of carbonyl (C=O) groups is 2. The third kappa shape index (κ3) is 5.64. The Hall–Kier alpha value is -2.82. The fourth-order valence-electron chi connectivity index (χ4n) is 2.66. The van der Waals surface area contributed by atoms with E-state index in [4.69, 9.17) is 5.73 Å². The van der Waals surface area contributed by atoms with Gasteiger partial charge in [-0.1, -0.05) is 44.2 Å². The van der Waals surface area contributed by atoms with Gasteiger partial charge in [0.1, 0.15) is 0 Å². The molecule has 1 atom stereocenters. The first-order valence-electron chi connectivity index (χ1n) is 8.41. The van der Waals surface area contributed by atoms with Crippen LogP contribution in [0.1, 0.15) is 48.3 Å². The minimum atomic E-state index is -0.660. The Morgan fingerprint density at radius 1 is 1.04 bits per heavy atom. The van der Waals surface area contributed by atoms with Crippen LogP contribution in [0.4, 0.5) is 10.5 Å². The molecule has 132 valence electrons. The average molecular weight is 339 g/mol. The molecule has 2 aromatic rings. The highest BCUT2D eigenvalue weighted by atomic mass is 16.2. The number of hydrogen-bond donors (Lipinski definition) is 3. The van der Waals surface area contributed by atoms with E-state index in [0.29, 0.717) is 17.2 Å².